The summed E-state index contributed by atoms with van der Waals surface area (Å²) in [5.74, 6) is 0.861. The molecule has 0 aliphatic heterocycles. The van der Waals surface area contributed by atoms with Crippen LogP contribution in [0.1, 0.15) is 93.4 Å². The summed E-state index contributed by atoms with van der Waals surface area (Å²) in [6.45, 7) is 2.28. The minimum atomic E-state index is -2.82. The van der Waals surface area contributed by atoms with Gasteiger partial charge in [0.05, 0.1) is 23.9 Å². The second kappa shape index (κ2) is 10.3. The van der Waals surface area contributed by atoms with Crippen molar-refractivity contribution in [2.24, 2.45) is 11.3 Å². The van der Waals surface area contributed by atoms with Gasteiger partial charge in [0.25, 0.3) is 12.3 Å². The smallest absolute Gasteiger partial charge is 0.284 e. The lowest BCUT2D eigenvalue weighted by molar-refractivity contribution is 0.102. The maximum absolute atomic E-state index is 13.8. The molecule has 1 spiro atoms. The zero-order valence-corrected chi connectivity index (χ0v) is 21.9. The molecule has 3 aromatic rings. The summed E-state index contributed by atoms with van der Waals surface area (Å²) < 4.78 is 34.8. The number of hydrogen-bond acceptors (Lipinski definition) is 7. The van der Waals surface area contributed by atoms with Crippen LogP contribution in [0.25, 0.3) is 11.5 Å². The number of nitrogens with one attached hydrogen (secondary N) is 2. The Morgan fingerprint density at radius 3 is 2.72 bits per heavy atom. The normalized spacial score (nSPS) is 28.5. The van der Waals surface area contributed by atoms with Crippen LogP contribution in [0.4, 0.5) is 20.3 Å². The molecule has 3 heterocycles. The van der Waals surface area contributed by atoms with Crippen LogP contribution < -0.4 is 10.6 Å². The minimum absolute atomic E-state index is 0.0129. The molecule has 0 bridgehead atoms. The van der Waals surface area contributed by atoms with E-state index >= 15 is 0 Å². The molecular formula is C28H34F2N6O3. The van der Waals surface area contributed by atoms with E-state index in [1.165, 1.54) is 18.9 Å². The second-order valence-corrected chi connectivity index (χ2v) is 11.4. The van der Waals surface area contributed by atoms with Crippen molar-refractivity contribution in [1.29, 1.82) is 0 Å². The summed E-state index contributed by atoms with van der Waals surface area (Å²) in [4.78, 5) is 21.6. The Hall–Kier alpha value is -3.34. The SMILES string of the molecule is CC1CC12CCC(n1cc(NC(=O)c3coc(-c4ccnc(N[C@H]5CCCC[C@H]5O)c4)n3)c(C(F)F)n1)CC2. The number of hydrogen-bond donors (Lipinski definition) is 3. The minimum Gasteiger partial charge on any atom is -0.444 e. The van der Waals surface area contributed by atoms with E-state index in [9.17, 15) is 18.7 Å². The van der Waals surface area contributed by atoms with E-state index < -0.39 is 24.1 Å². The Labute approximate surface area is 225 Å². The van der Waals surface area contributed by atoms with Crippen molar-refractivity contribution in [3.05, 3.63) is 42.2 Å². The maximum atomic E-state index is 13.8. The van der Waals surface area contributed by atoms with Gasteiger partial charge in [-0.1, -0.05) is 19.8 Å². The average Bonchev–Trinajstić information content (AvgIpc) is 3.30. The molecule has 9 nitrogen and oxygen atoms in total. The first kappa shape index (κ1) is 25.9. The summed E-state index contributed by atoms with van der Waals surface area (Å²) in [7, 11) is 0. The van der Waals surface area contributed by atoms with Gasteiger partial charge in [-0.3, -0.25) is 9.48 Å². The number of carbonyl (C=O) groups excluding carboxylic acids is 1. The van der Waals surface area contributed by atoms with Gasteiger partial charge >= 0.3 is 0 Å². The number of amides is 1. The predicted molar refractivity (Wildman–Crippen MR) is 140 cm³/mol. The summed E-state index contributed by atoms with van der Waals surface area (Å²) >= 11 is 0. The molecule has 3 aromatic heterocycles. The molecule has 0 radical (unpaired) electrons. The summed E-state index contributed by atoms with van der Waals surface area (Å²) in [6, 6.07) is 3.41. The van der Waals surface area contributed by atoms with Crippen molar-refractivity contribution >= 4 is 17.4 Å². The van der Waals surface area contributed by atoms with E-state index in [-0.39, 0.29) is 29.4 Å². The maximum Gasteiger partial charge on any atom is 0.284 e. The molecule has 3 saturated carbocycles. The van der Waals surface area contributed by atoms with Crippen LogP contribution in [0, 0.1) is 11.3 Å². The topological polar surface area (TPSA) is 118 Å². The number of halogens is 2. The molecule has 39 heavy (non-hydrogen) atoms. The van der Waals surface area contributed by atoms with Gasteiger partial charge in [-0.25, -0.2) is 18.7 Å². The Morgan fingerprint density at radius 2 is 2.00 bits per heavy atom. The van der Waals surface area contributed by atoms with E-state index in [1.807, 2.05) is 0 Å². The van der Waals surface area contributed by atoms with Crippen molar-refractivity contribution in [3.63, 3.8) is 0 Å². The number of rotatable bonds is 7. The first-order chi connectivity index (χ1) is 18.8. The van der Waals surface area contributed by atoms with E-state index in [4.69, 9.17) is 4.42 Å². The van der Waals surface area contributed by atoms with E-state index in [1.54, 1.807) is 23.0 Å². The molecule has 3 N–H and O–H groups in total. The number of pyridine rings is 1. The van der Waals surface area contributed by atoms with Gasteiger partial charge in [0.1, 0.15) is 12.1 Å². The number of aliphatic hydroxyl groups excluding tert-OH is 1. The third-order valence-corrected chi connectivity index (χ3v) is 8.94. The third kappa shape index (κ3) is 5.28. The fourth-order valence-corrected chi connectivity index (χ4v) is 6.35. The zero-order chi connectivity index (χ0) is 27.1. The largest absolute Gasteiger partial charge is 0.444 e. The lowest BCUT2D eigenvalue weighted by Crippen LogP contribution is -2.36. The van der Waals surface area contributed by atoms with Gasteiger partial charge < -0.3 is 20.2 Å². The summed E-state index contributed by atoms with van der Waals surface area (Å²) in [5, 5.41) is 20.2. The second-order valence-electron chi connectivity index (χ2n) is 11.4. The van der Waals surface area contributed by atoms with Crippen LogP contribution in [-0.4, -0.2) is 42.9 Å². The Bertz CT molecular complexity index is 1330. The van der Waals surface area contributed by atoms with Crippen LogP contribution in [0.15, 0.2) is 35.2 Å². The van der Waals surface area contributed by atoms with Gasteiger partial charge in [-0.05, 0) is 68.4 Å². The number of aromatic nitrogens is 4. The van der Waals surface area contributed by atoms with Gasteiger partial charge in [-0.2, -0.15) is 5.10 Å². The highest BCUT2D eigenvalue weighted by Crippen LogP contribution is 2.62. The third-order valence-electron chi connectivity index (χ3n) is 8.94. The molecule has 3 aliphatic carbocycles. The van der Waals surface area contributed by atoms with Crippen molar-refractivity contribution in [2.45, 2.75) is 89.3 Å². The van der Waals surface area contributed by atoms with Crippen molar-refractivity contribution in [2.75, 3.05) is 10.6 Å². The first-order valence-corrected chi connectivity index (χ1v) is 13.9. The highest BCUT2D eigenvalue weighted by molar-refractivity contribution is 6.03. The average molecular weight is 541 g/mol. The molecule has 208 valence electrons. The van der Waals surface area contributed by atoms with Gasteiger partial charge in [0, 0.05) is 18.0 Å². The fraction of sp³-hybridized carbons (Fsp3) is 0.571. The summed E-state index contributed by atoms with van der Waals surface area (Å²) in [6.07, 6.45) is 9.93. The van der Waals surface area contributed by atoms with Crippen LogP contribution in [-0.2, 0) is 0 Å². The molecular weight excluding hydrogens is 506 g/mol. The van der Waals surface area contributed by atoms with Crippen LogP contribution >= 0.6 is 0 Å². The van der Waals surface area contributed by atoms with E-state index in [0.29, 0.717) is 16.8 Å². The van der Waals surface area contributed by atoms with Crippen LogP contribution in [0.3, 0.4) is 0 Å². The number of alkyl halides is 2. The van der Waals surface area contributed by atoms with Gasteiger partial charge in [0.2, 0.25) is 5.89 Å². The molecule has 0 aromatic carbocycles. The van der Waals surface area contributed by atoms with Crippen LogP contribution in [0.5, 0.6) is 0 Å². The Morgan fingerprint density at radius 1 is 1.23 bits per heavy atom. The molecule has 1 amide bonds. The first-order valence-electron chi connectivity index (χ1n) is 13.9. The number of nitrogens with zero attached hydrogens (tertiary/aromatic N) is 4. The summed E-state index contributed by atoms with van der Waals surface area (Å²) in [5.41, 5.74) is 0.551. The van der Waals surface area contributed by atoms with Crippen molar-refractivity contribution in [3.8, 4) is 11.5 Å². The Balaban J connectivity index is 1.14. The number of carbonyl (C=O) groups is 1. The van der Waals surface area contributed by atoms with Crippen molar-refractivity contribution in [1.82, 2.24) is 19.7 Å². The molecule has 3 atom stereocenters. The molecule has 1 unspecified atom stereocenters. The predicted octanol–water partition coefficient (Wildman–Crippen LogP) is 5.98. The Kier molecular flexibility index (Phi) is 6.86. The highest BCUT2D eigenvalue weighted by atomic mass is 19.3. The lowest BCUT2D eigenvalue weighted by Gasteiger charge is -2.29. The fourth-order valence-electron chi connectivity index (χ4n) is 6.35. The molecule has 6 rings (SSSR count). The van der Waals surface area contributed by atoms with Gasteiger partial charge in [-0.15, -0.1) is 0 Å². The zero-order valence-electron chi connectivity index (χ0n) is 21.9. The van der Waals surface area contributed by atoms with E-state index in [0.717, 1.165) is 57.3 Å². The number of anilines is 2. The highest BCUT2D eigenvalue weighted by Gasteiger charge is 2.52. The lowest BCUT2D eigenvalue weighted by atomic mass is 9.82. The van der Waals surface area contributed by atoms with E-state index in [2.05, 4.69) is 32.6 Å². The number of aliphatic hydroxyl groups is 1. The molecule has 3 aliphatic rings. The standard InChI is InChI=1S/C28H34F2N6O3/c1-16-13-28(16)9-6-18(7-10-28)36-14-20(24(35-36)25(29)30)33-26(38)21-15-39-27(34-21)17-8-11-31-23(12-17)32-19-4-2-3-5-22(19)37/h8,11-12,14-16,18-19,22,25,37H,2-7,9-10,13H2,1H3,(H,31,32)(H,33,38)/t16?,18?,19-,22+,28?/m0/s1. The molecule has 0 saturated heterocycles. The van der Waals surface area contributed by atoms with Crippen molar-refractivity contribution < 1.29 is 23.1 Å². The van der Waals surface area contributed by atoms with Crippen LogP contribution in [0.2, 0.25) is 0 Å². The van der Waals surface area contributed by atoms with Gasteiger partial charge in [0.15, 0.2) is 11.4 Å². The molecule has 3 fully saturated rings. The monoisotopic (exact) mass is 540 g/mol. The quantitative estimate of drug-likeness (QED) is 0.337. The molecule has 11 heteroatoms. The number of oxazole rings is 1.